The first-order valence-electron chi connectivity index (χ1n) is 5.18. The normalized spacial score (nSPS) is 31.5. The molecule has 63 valence electrons. The third-order valence-electron chi connectivity index (χ3n) is 2.94. The van der Waals surface area contributed by atoms with Gasteiger partial charge in [-0.1, -0.05) is 45.8 Å². The molecule has 1 saturated heterocycles. The van der Waals surface area contributed by atoms with Gasteiger partial charge >= 0.3 is 0 Å². The molecule has 0 amide bonds. The molecule has 1 fully saturated rings. The molecule has 0 saturated carbocycles. The molecule has 0 bridgehead atoms. The van der Waals surface area contributed by atoms with E-state index >= 15 is 0 Å². The van der Waals surface area contributed by atoms with Crippen molar-refractivity contribution in [2.45, 2.75) is 52.2 Å². The molecular weight excluding hydrogens is 131 g/mol. The summed E-state index contributed by atoms with van der Waals surface area (Å²) < 4.78 is 0. The molecule has 0 N–H and O–H groups in total. The Hall–Kier alpha value is 0.0649. The van der Waals surface area contributed by atoms with Gasteiger partial charge in [0.25, 0.3) is 0 Å². The van der Waals surface area contributed by atoms with Gasteiger partial charge in [-0.15, -0.1) is 0 Å². The van der Waals surface area contributed by atoms with Crippen LogP contribution in [0.5, 0.6) is 0 Å². The SMILES string of the molecule is CCCC1C[B]CC(CC)C1. The van der Waals surface area contributed by atoms with Crippen LogP contribution >= 0.6 is 0 Å². The van der Waals surface area contributed by atoms with Crippen molar-refractivity contribution in [3.63, 3.8) is 0 Å². The smallest absolute Gasteiger partial charge is 0.0775 e. The molecule has 1 rings (SSSR count). The molecule has 0 spiro atoms. The van der Waals surface area contributed by atoms with Crippen LogP contribution < -0.4 is 0 Å². The molecule has 0 nitrogen and oxygen atoms in total. The summed E-state index contributed by atoms with van der Waals surface area (Å²) in [7, 11) is 2.51. The highest BCUT2D eigenvalue weighted by Gasteiger charge is 2.19. The predicted octanol–water partition coefficient (Wildman–Crippen LogP) is 3.37. The quantitative estimate of drug-likeness (QED) is 0.542. The Morgan fingerprint density at radius 3 is 2.55 bits per heavy atom. The summed E-state index contributed by atoms with van der Waals surface area (Å²) >= 11 is 0. The molecule has 0 aliphatic carbocycles. The molecule has 1 aliphatic heterocycles. The van der Waals surface area contributed by atoms with E-state index in [1.807, 2.05) is 0 Å². The molecule has 11 heavy (non-hydrogen) atoms. The lowest BCUT2D eigenvalue weighted by Crippen LogP contribution is -2.18. The van der Waals surface area contributed by atoms with Gasteiger partial charge in [0.1, 0.15) is 7.28 Å². The summed E-state index contributed by atoms with van der Waals surface area (Å²) in [6.07, 6.45) is 8.49. The van der Waals surface area contributed by atoms with E-state index in [2.05, 4.69) is 21.1 Å². The van der Waals surface area contributed by atoms with Gasteiger partial charge in [-0.3, -0.25) is 0 Å². The van der Waals surface area contributed by atoms with Crippen LogP contribution in [0.3, 0.4) is 0 Å². The van der Waals surface area contributed by atoms with Crippen LogP contribution in [0.4, 0.5) is 0 Å². The van der Waals surface area contributed by atoms with Gasteiger partial charge in [-0.05, 0) is 18.3 Å². The first-order valence-corrected chi connectivity index (χ1v) is 5.18. The van der Waals surface area contributed by atoms with Crippen molar-refractivity contribution in [3.8, 4) is 0 Å². The molecule has 1 radical (unpaired) electrons. The fourth-order valence-electron chi connectivity index (χ4n) is 2.21. The Balaban J connectivity index is 2.21. The van der Waals surface area contributed by atoms with Gasteiger partial charge in [0.2, 0.25) is 0 Å². The zero-order chi connectivity index (χ0) is 8.10. The van der Waals surface area contributed by atoms with Crippen molar-refractivity contribution in [1.29, 1.82) is 0 Å². The van der Waals surface area contributed by atoms with Gasteiger partial charge in [0.05, 0.1) is 0 Å². The molecule has 1 heterocycles. The van der Waals surface area contributed by atoms with Crippen molar-refractivity contribution in [2.24, 2.45) is 11.8 Å². The second kappa shape index (κ2) is 4.85. The number of hydrogen-bond acceptors (Lipinski definition) is 0. The van der Waals surface area contributed by atoms with Crippen molar-refractivity contribution in [3.05, 3.63) is 0 Å². The van der Waals surface area contributed by atoms with E-state index < -0.39 is 0 Å². The summed E-state index contributed by atoms with van der Waals surface area (Å²) in [6, 6.07) is 0. The van der Waals surface area contributed by atoms with E-state index in [0.717, 1.165) is 11.8 Å². The number of rotatable bonds is 3. The maximum Gasteiger partial charge on any atom is 0.110 e. The zero-order valence-corrected chi connectivity index (χ0v) is 7.97. The molecule has 2 atom stereocenters. The van der Waals surface area contributed by atoms with Gasteiger partial charge in [-0.2, -0.15) is 0 Å². The van der Waals surface area contributed by atoms with E-state index in [1.54, 1.807) is 0 Å². The Bertz CT molecular complexity index is 99.0. The average molecular weight is 151 g/mol. The van der Waals surface area contributed by atoms with E-state index in [0.29, 0.717) is 0 Å². The molecule has 0 aromatic carbocycles. The lowest BCUT2D eigenvalue weighted by Gasteiger charge is -2.27. The second-order valence-corrected chi connectivity index (χ2v) is 3.92. The Kier molecular flexibility index (Phi) is 4.03. The summed E-state index contributed by atoms with van der Waals surface area (Å²) in [5.74, 6) is 2.04. The second-order valence-electron chi connectivity index (χ2n) is 3.92. The average Bonchev–Trinajstić information content (AvgIpc) is 2.06. The lowest BCUT2D eigenvalue weighted by atomic mass is 9.55. The maximum atomic E-state index is 2.51. The van der Waals surface area contributed by atoms with E-state index in [4.69, 9.17) is 0 Å². The fourth-order valence-corrected chi connectivity index (χ4v) is 2.21. The zero-order valence-electron chi connectivity index (χ0n) is 7.97. The Morgan fingerprint density at radius 1 is 1.18 bits per heavy atom. The van der Waals surface area contributed by atoms with Crippen LogP contribution in [0, 0.1) is 11.8 Å². The molecular formula is C10H20B. The van der Waals surface area contributed by atoms with Crippen LogP contribution in [0.15, 0.2) is 0 Å². The highest BCUT2D eigenvalue weighted by atomic mass is 14.2. The standard InChI is InChI=1S/C10H20B/c1-3-5-10-6-9(4-2)7-11-8-10/h9-10H,3-8H2,1-2H3. The molecule has 0 aromatic rings. The van der Waals surface area contributed by atoms with E-state index in [1.165, 1.54) is 38.3 Å². The summed E-state index contributed by atoms with van der Waals surface area (Å²) in [5.41, 5.74) is 0. The molecule has 1 heteroatoms. The largest absolute Gasteiger partial charge is 0.110 e. The maximum absolute atomic E-state index is 2.51. The van der Waals surface area contributed by atoms with Crippen LogP contribution in [-0.2, 0) is 0 Å². The minimum absolute atomic E-state index is 1.01. The van der Waals surface area contributed by atoms with E-state index in [-0.39, 0.29) is 0 Å². The third kappa shape index (κ3) is 2.88. The Labute approximate surface area is 72.0 Å². The lowest BCUT2D eigenvalue weighted by molar-refractivity contribution is 0.365. The fraction of sp³-hybridized carbons (Fsp3) is 1.00. The molecule has 2 unspecified atom stereocenters. The monoisotopic (exact) mass is 151 g/mol. The summed E-state index contributed by atoms with van der Waals surface area (Å²) in [5, 5.41) is 0. The summed E-state index contributed by atoms with van der Waals surface area (Å²) in [4.78, 5) is 0. The van der Waals surface area contributed by atoms with Crippen molar-refractivity contribution in [2.75, 3.05) is 0 Å². The van der Waals surface area contributed by atoms with Crippen LogP contribution in [0.2, 0.25) is 12.6 Å². The first kappa shape index (κ1) is 9.16. The molecule has 1 aliphatic rings. The van der Waals surface area contributed by atoms with Crippen LogP contribution in [-0.4, -0.2) is 7.28 Å². The van der Waals surface area contributed by atoms with Crippen molar-refractivity contribution >= 4 is 7.28 Å². The van der Waals surface area contributed by atoms with Gasteiger partial charge in [0.15, 0.2) is 0 Å². The topological polar surface area (TPSA) is 0 Å². The van der Waals surface area contributed by atoms with Crippen LogP contribution in [0.25, 0.3) is 0 Å². The highest BCUT2D eigenvalue weighted by molar-refractivity contribution is 6.35. The predicted molar refractivity (Wildman–Crippen MR) is 52.2 cm³/mol. The van der Waals surface area contributed by atoms with Crippen LogP contribution in [0.1, 0.15) is 39.5 Å². The molecule has 0 aromatic heterocycles. The minimum Gasteiger partial charge on any atom is -0.0775 e. The van der Waals surface area contributed by atoms with Gasteiger partial charge in [0, 0.05) is 0 Å². The van der Waals surface area contributed by atoms with Gasteiger partial charge < -0.3 is 0 Å². The van der Waals surface area contributed by atoms with Crippen molar-refractivity contribution < 1.29 is 0 Å². The highest BCUT2D eigenvalue weighted by Crippen LogP contribution is 2.30. The summed E-state index contributed by atoms with van der Waals surface area (Å²) in [6.45, 7) is 4.63. The third-order valence-corrected chi connectivity index (χ3v) is 2.94. The minimum atomic E-state index is 1.01. The van der Waals surface area contributed by atoms with Crippen molar-refractivity contribution in [1.82, 2.24) is 0 Å². The number of hydrogen-bond donors (Lipinski definition) is 0. The Morgan fingerprint density at radius 2 is 1.91 bits per heavy atom. The van der Waals surface area contributed by atoms with Gasteiger partial charge in [-0.25, -0.2) is 0 Å². The van der Waals surface area contributed by atoms with E-state index in [9.17, 15) is 0 Å². The first-order chi connectivity index (χ1) is 5.36.